The maximum atomic E-state index is 12.8. The van der Waals surface area contributed by atoms with Crippen LogP contribution in [0, 0.1) is 0 Å². The molecule has 4 amide bonds. The number of aliphatic hydroxyl groups is 1. The standard InChI is InChI=1S/C18H20N4O5/c19-9-5-11(23)8-21(7-9)10-1-2-12-13(6-10)18(27)22(17(12)26)14-3-4-15(24)20-16(14)25/h1-2,6,9,11,14,23H,3-5,7-8,19H2,(H,20,24,25). The summed E-state index contributed by atoms with van der Waals surface area (Å²) in [4.78, 5) is 51.8. The minimum absolute atomic E-state index is 0.0820. The number of rotatable bonds is 2. The van der Waals surface area contributed by atoms with Gasteiger partial charge in [0.15, 0.2) is 0 Å². The predicted octanol–water partition coefficient (Wildman–Crippen LogP) is -1.01. The van der Waals surface area contributed by atoms with Gasteiger partial charge in [-0.3, -0.25) is 29.4 Å². The van der Waals surface area contributed by atoms with Crippen LogP contribution in [-0.4, -0.2) is 64.9 Å². The summed E-state index contributed by atoms with van der Waals surface area (Å²) >= 11 is 0. The molecule has 27 heavy (non-hydrogen) atoms. The first-order valence-electron chi connectivity index (χ1n) is 8.89. The summed E-state index contributed by atoms with van der Waals surface area (Å²) in [6.45, 7) is 0.931. The number of aliphatic hydroxyl groups excluding tert-OH is 1. The average Bonchev–Trinajstić information content (AvgIpc) is 2.85. The summed E-state index contributed by atoms with van der Waals surface area (Å²) in [6.07, 6.45) is 0.163. The monoisotopic (exact) mass is 372 g/mol. The number of nitrogens with zero attached hydrogens (tertiary/aromatic N) is 2. The number of amides is 4. The highest BCUT2D eigenvalue weighted by Gasteiger charge is 2.44. The van der Waals surface area contributed by atoms with Gasteiger partial charge in [0.2, 0.25) is 11.8 Å². The molecule has 0 aliphatic carbocycles. The third-order valence-corrected chi connectivity index (χ3v) is 5.25. The number of nitrogens with one attached hydrogen (secondary N) is 1. The molecule has 0 spiro atoms. The topological polar surface area (TPSA) is 133 Å². The third kappa shape index (κ3) is 2.98. The van der Waals surface area contributed by atoms with Crippen molar-refractivity contribution in [1.82, 2.24) is 10.2 Å². The van der Waals surface area contributed by atoms with Gasteiger partial charge in [-0.25, -0.2) is 0 Å². The Kier molecular flexibility index (Phi) is 4.20. The molecule has 142 valence electrons. The number of nitrogens with two attached hydrogens (primary N) is 1. The molecule has 1 aromatic carbocycles. The minimum Gasteiger partial charge on any atom is -0.391 e. The fourth-order valence-electron chi connectivity index (χ4n) is 3.98. The highest BCUT2D eigenvalue weighted by Crippen LogP contribution is 2.31. The van der Waals surface area contributed by atoms with Gasteiger partial charge in [0.1, 0.15) is 6.04 Å². The lowest BCUT2D eigenvalue weighted by atomic mass is 10.0. The van der Waals surface area contributed by atoms with E-state index in [1.165, 1.54) is 0 Å². The first-order valence-corrected chi connectivity index (χ1v) is 8.89. The van der Waals surface area contributed by atoms with Crippen LogP contribution in [0.2, 0.25) is 0 Å². The van der Waals surface area contributed by atoms with Crippen LogP contribution in [0.25, 0.3) is 0 Å². The molecule has 3 atom stereocenters. The molecule has 0 bridgehead atoms. The van der Waals surface area contributed by atoms with Gasteiger partial charge in [-0.15, -0.1) is 0 Å². The quantitative estimate of drug-likeness (QED) is 0.566. The van der Waals surface area contributed by atoms with Crippen LogP contribution in [0.4, 0.5) is 5.69 Å². The van der Waals surface area contributed by atoms with Gasteiger partial charge in [-0.1, -0.05) is 0 Å². The van der Waals surface area contributed by atoms with Crippen molar-refractivity contribution in [2.75, 3.05) is 18.0 Å². The summed E-state index contributed by atoms with van der Waals surface area (Å²) in [5.41, 5.74) is 7.10. The number of hydrogen-bond acceptors (Lipinski definition) is 7. The summed E-state index contributed by atoms with van der Waals surface area (Å²) in [7, 11) is 0. The number of hydrogen-bond donors (Lipinski definition) is 3. The van der Waals surface area contributed by atoms with Crippen LogP contribution in [0.3, 0.4) is 0 Å². The van der Waals surface area contributed by atoms with Crippen LogP contribution in [-0.2, 0) is 9.59 Å². The van der Waals surface area contributed by atoms with Gasteiger partial charge in [0.25, 0.3) is 11.8 Å². The molecule has 3 heterocycles. The molecule has 0 radical (unpaired) electrons. The Morgan fingerprint density at radius 2 is 1.81 bits per heavy atom. The van der Waals surface area contributed by atoms with E-state index >= 15 is 0 Å². The number of fused-ring (bicyclic) bond motifs is 1. The molecule has 4 N–H and O–H groups in total. The van der Waals surface area contributed by atoms with Crippen molar-refractivity contribution in [1.29, 1.82) is 0 Å². The van der Waals surface area contributed by atoms with Crippen LogP contribution in [0.15, 0.2) is 18.2 Å². The first kappa shape index (κ1) is 17.6. The minimum atomic E-state index is -0.983. The smallest absolute Gasteiger partial charge is 0.262 e. The van der Waals surface area contributed by atoms with Gasteiger partial charge in [0, 0.05) is 31.2 Å². The summed E-state index contributed by atoms with van der Waals surface area (Å²) < 4.78 is 0. The second-order valence-corrected chi connectivity index (χ2v) is 7.23. The van der Waals surface area contributed by atoms with Crippen molar-refractivity contribution in [2.24, 2.45) is 5.73 Å². The van der Waals surface area contributed by atoms with Gasteiger partial charge in [0.05, 0.1) is 17.2 Å². The van der Waals surface area contributed by atoms with Crippen molar-refractivity contribution >= 4 is 29.3 Å². The number of β-amino-alcohol motifs (C(OH)–C–C–N with tert-alkyl or cyclic N) is 1. The Balaban J connectivity index is 1.62. The highest BCUT2D eigenvalue weighted by molar-refractivity contribution is 6.23. The van der Waals surface area contributed by atoms with Crippen LogP contribution < -0.4 is 16.0 Å². The molecule has 2 fully saturated rings. The largest absolute Gasteiger partial charge is 0.391 e. The highest BCUT2D eigenvalue weighted by atomic mass is 16.3. The lowest BCUT2D eigenvalue weighted by Gasteiger charge is -2.35. The zero-order valence-electron chi connectivity index (χ0n) is 14.6. The number of carbonyl (C=O) groups excluding carboxylic acids is 4. The SMILES string of the molecule is NC1CC(O)CN(c2ccc3c(c2)C(=O)N(C2CCC(=O)NC2=O)C3=O)C1. The molecular formula is C18H20N4O5. The average molecular weight is 372 g/mol. The number of anilines is 1. The van der Waals surface area contributed by atoms with E-state index in [1.807, 2.05) is 4.90 Å². The second-order valence-electron chi connectivity index (χ2n) is 7.23. The molecular weight excluding hydrogens is 352 g/mol. The predicted molar refractivity (Wildman–Crippen MR) is 93.9 cm³/mol. The summed E-state index contributed by atoms with van der Waals surface area (Å²) in [6, 6.07) is 3.71. The van der Waals surface area contributed by atoms with Gasteiger partial charge >= 0.3 is 0 Å². The van der Waals surface area contributed by atoms with E-state index in [0.717, 1.165) is 4.90 Å². The number of imide groups is 2. The maximum Gasteiger partial charge on any atom is 0.262 e. The van der Waals surface area contributed by atoms with E-state index in [1.54, 1.807) is 18.2 Å². The Hall–Kier alpha value is -2.78. The molecule has 0 aromatic heterocycles. The molecule has 9 heteroatoms. The van der Waals surface area contributed by atoms with E-state index in [9.17, 15) is 24.3 Å². The van der Waals surface area contributed by atoms with Crippen molar-refractivity contribution in [3.63, 3.8) is 0 Å². The fourth-order valence-corrected chi connectivity index (χ4v) is 3.98. The molecule has 1 aromatic rings. The van der Waals surface area contributed by atoms with Gasteiger partial charge in [-0.05, 0) is 31.0 Å². The molecule has 3 aliphatic rings. The normalized spacial score (nSPS) is 28.4. The number of benzene rings is 1. The second kappa shape index (κ2) is 6.43. The zero-order chi connectivity index (χ0) is 19.3. The number of piperidine rings is 2. The number of carbonyl (C=O) groups is 4. The molecule has 0 saturated carbocycles. The molecule has 3 aliphatic heterocycles. The van der Waals surface area contributed by atoms with Crippen LogP contribution in [0.1, 0.15) is 40.0 Å². The lowest BCUT2D eigenvalue weighted by Crippen LogP contribution is -2.54. The first-order chi connectivity index (χ1) is 12.8. The van der Waals surface area contributed by atoms with Crippen molar-refractivity contribution in [3.05, 3.63) is 29.3 Å². The van der Waals surface area contributed by atoms with Crippen molar-refractivity contribution in [2.45, 2.75) is 37.5 Å². The summed E-state index contributed by atoms with van der Waals surface area (Å²) in [5.74, 6) is -2.12. The summed E-state index contributed by atoms with van der Waals surface area (Å²) in [5, 5.41) is 12.1. The van der Waals surface area contributed by atoms with E-state index in [-0.39, 0.29) is 30.0 Å². The Morgan fingerprint density at radius 3 is 2.52 bits per heavy atom. The Labute approximate surface area is 155 Å². The molecule has 3 unspecified atom stereocenters. The van der Waals surface area contributed by atoms with Crippen molar-refractivity contribution in [3.8, 4) is 0 Å². The van der Waals surface area contributed by atoms with E-state index < -0.39 is 35.8 Å². The molecule has 4 rings (SSSR count). The van der Waals surface area contributed by atoms with Gasteiger partial charge < -0.3 is 15.7 Å². The zero-order valence-corrected chi connectivity index (χ0v) is 14.6. The molecule has 9 nitrogen and oxygen atoms in total. The lowest BCUT2D eigenvalue weighted by molar-refractivity contribution is -0.136. The van der Waals surface area contributed by atoms with Gasteiger partial charge in [-0.2, -0.15) is 0 Å². The van der Waals surface area contributed by atoms with Crippen LogP contribution in [0.5, 0.6) is 0 Å². The van der Waals surface area contributed by atoms with Crippen LogP contribution >= 0.6 is 0 Å². The van der Waals surface area contributed by atoms with Crippen molar-refractivity contribution < 1.29 is 24.3 Å². The molecule has 2 saturated heterocycles. The fraction of sp³-hybridized carbons (Fsp3) is 0.444. The van der Waals surface area contributed by atoms with E-state index in [2.05, 4.69) is 5.32 Å². The van der Waals surface area contributed by atoms with E-state index in [0.29, 0.717) is 25.2 Å². The Morgan fingerprint density at radius 1 is 1.07 bits per heavy atom. The Bertz CT molecular complexity index is 844. The van der Waals surface area contributed by atoms with E-state index in [4.69, 9.17) is 5.73 Å². The third-order valence-electron chi connectivity index (χ3n) is 5.25. The maximum absolute atomic E-state index is 12.8.